The van der Waals surface area contributed by atoms with Crippen molar-refractivity contribution >= 4 is 11.9 Å². The van der Waals surface area contributed by atoms with E-state index in [2.05, 4.69) is 0 Å². The molecule has 0 bridgehead atoms. The topological polar surface area (TPSA) is 66.8 Å². The molecule has 2 rings (SSSR count). The minimum absolute atomic E-state index is 0.0693. The quantitative estimate of drug-likeness (QED) is 0.856. The zero-order valence-corrected chi connectivity index (χ0v) is 10.1. The predicted octanol–water partition coefficient (Wildman–Crippen LogP) is 1.38. The average Bonchev–Trinajstić information content (AvgIpc) is 3.19. The molecular formula is C13H15NO4. The Morgan fingerprint density at radius 2 is 2.17 bits per heavy atom. The average molecular weight is 249 g/mol. The summed E-state index contributed by atoms with van der Waals surface area (Å²) in [5, 5.41) is 8.84. The van der Waals surface area contributed by atoms with Crippen LogP contribution in [0.15, 0.2) is 24.3 Å². The van der Waals surface area contributed by atoms with Gasteiger partial charge >= 0.3 is 5.97 Å². The number of methoxy groups -OCH3 is 1. The van der Waals surface area contributed by atoms with E-state index in [1.165, 1.54) is 12.0 Å². The summed E-state index contributed by atoms with van der Waals surface area (Å²) in [7, 11) is 1.53. The van der Waals surface area contributed by atoms with Gasteiger partial charge in [0.1, 0.15) is 12.3 Å². The lowest BCUT2D eigenvalue weighted by atomic mass is 10.2. The van der Waals surface area contributed by atoms with Gasteiger partial charge in [-0.3, -0.25) is 9.59 Å². The molecule has 0 saturated heterocycles. The third kappa shape index (κ3) is 2.80. The van der Waals surface area contributed by atoms with E-state index in [9.17, 15) is 9.59 Å². The molecule has 0 aliphatic heterocycles. The fourth-order valence-corrected chi connectivity index (χ4v) is 1.82. The van der Waals surface area contributed by atoms with E-state index in [4.69, 9.17) is 9.84 Å². The Bertz CT molecular complexity index is 468. The van der Waals surface area contributed by atoms with Gasteiger partial charge in [0.2, 0.25) is 0 Å². The minimum atomic E-state index is -0.988. The van der Waals surface area contributed by atoms with Crippen molar-refractivity contribution in [2.45, 2.75) is 18.9 Å². The molecule has 1 aliphatic carbocycles. The van der Waals surface area contributed by atoms with Gasteiger partial charge in [0.25, 0.3) is 5.91 Å². The molecule has 5 heteroatoms. The maximum absolute atomic E-state index is 12.2. The number of benzene rings is 1. The number of nitrogens with zero attached hydrogens (tertiary/aromatic N) is 1. The number of carboxylic acids is 1. The second-order valence-electron chi connectivity index (χ2n) is 4.29. The van der Waals surface area contributed by atoms with Crippen molar-refractivity contribution in [1.29, 1.82) is 0 Å². The summed E-state index contributed by atoms with van der Waals surface area (Å²) < 4.78 is 5.05. The summed E-state index contributed by atoms with van der Waals surface area (Å²) >= 11 is 0. The second-order valence-corrected chi connectivity index (χ2v) is 4.29. The molecule has 0 heterocycles. The number of rotatable bonds is 5. The van der Waals surface area contributed by atoms with Crippen LogP contribution in [0.25, 0.3) is 0 Å². The highest BCUT2D eigenvalue weighted by Crippen LogP contribution is 2.28. The van der Waals surface area contributed by atoms with Crippen LogP contribution in [0.1, 0.15) is 23.2 Å². The first-order valence-corrected chi connectivity index (χ1v) is 5.78. The molecule has 1 saturated carbocycles. The molecule has 1 aromatic carbocycles. The van der Waals surface area contributed by atoms with Crippen molar-refractivity contribution in [1.82, 2.24) is 4.90 Å². The largest absolute Gasteiger partial charge is 0.497 e. The molecule has 0 spiro atoms. The summed E-state index contributed by atoms with van der Waals surface area (Å²) in [5.74, 6) is -0.649. The number of carbonyl (C=O) groups is 2. The Hall–Kier alpha value is -2.04. The SMILES string of the molecule is COc1cccc(C(=O)N(CC(=O)O)C2CC2)c1. The molecule has 96 valence electrons. The first-order chi connectivity index (χ1) is 8.61. The molecule has 1 aliphatic rings. The lowest BCUT2D eigenvalue weighted by Crippen LogP contribution is -2.37. The smallest absolute Gasteiger partial charge is 0.323 e. The highest BCUT2D eigenvalue weighted by Gasteiger charge is 2.34. The number of aliphatic carboxylic acids is 1. The van der Waals surface area contributed by atoms with Crippen LogP contribution in [0.3, 0.4) is 0 Å². The van der Waals surface area contributed by atoms with Crippen LogP contribution in [0.5, 0.6) is 5.75 Å². The summed E-state index contributed by atoms with van der Waals surface area (Å²) in [6.45, 7) is -0.249. The Morgan fingerprint density at radius 3 is 2.72 bits per heavy atom. The molecule has 0 atom stereocenters. The van der Waals surface area contributed by atoms with Crippen LogP contribution < -0.4 is 4.74 Å². The zero-order valence-electron chi connectivity index (χ0n) is 10.1. The summed E-state index contributed by atoms with van der Waals surface area (Å²) in [5.41, 5.74) is 0.461. The van der Waals surface area contributed by atoms with E-state index < -0.39 is 5.97 Å². The predicted molar refractivity (Wildman–Crippen MR) is 64.7 cm³/mol. The normalized spacial score (nSPS) is 14.1. The summed E-state index contributed by atoms with van der Waals surface area (Å²) in [6.07, 6.45) is 1.76. The van der Waals surface area contributed by atoms with Crippen molar-refractivity contribution in [3.63, 3.8) is 0 Å². The number of ether oxygens (including phenoxy) is 1. The van der Waals surface area contributed by atoms with Gasteiger partial charge in [-0.2, -0.15) is 0 Å². The van der Waals surface area contributed by atoms with Gasteiger partial charge < -0.3 is 14.7 Å². The molecule has 1 aromatic rings. The standard InChI is InChI=1S/C13H15NO4/c1-18-11-4-2-3-9(7-11)13(17)14(8-12(15)16)10-5-6-10/h2-4,7,10H,5-6,8H2,1H3,(H,15,16). The molecule has 5 nitrogen and oxygen atoms in total. The number of hydrogen-bond donors (Lipinski definition) is 1. The summed E-state index contributed by atoms with van der Waals surface area (Å²) in [4.78, 5) is 24.4. The fourth-order valence-electron chi connectivity index (χ4n) is 1.82. The van der Waals surface area contributed by atoms with E-state index in [1.807, 2.05) is 0 Å². The lowest BCUT2D eigenvalue weighted by Gasteiger charge is -2.20. The monoisotopic (exact) mass is 249 g/mol. The molecule has 18 heavy (non-hydrogen) atoms. The van der Waals surface area contributed by atoms with Crippen LogP contribution in [0.2, 0.25) is 0 Å². The number of carbonyl (C=O) groups excluding carboxylic acids is 1. The van der Waals surface area contributed by atoms with E-state index in [-0.39, 0.29) is 18.5 Å². The Kier molecular flexibility index (Phi) is 3.50. The molecular weight excluding hydrogens is 234 g/mol. The van der Waals surface area contributed by atoms with Crippen LogP contribution in [-0.4, -0.2) is 41.6 Å². The first kappa shape index (κ1) is 12.4. The van der Waals surface area contributed by atoms with Crippen molar-refractivity contribution in [3.05, 3.63) is 29.8 Å². The number of amides is 1. The first-order valence-electron chi connectivity index (χ1n) is 5.78. The highest BCUT2D eigenvalue weighted by atomic mass is 16.5. The van der Waals surface area contributed by atoms with Gasteiger partial charge in [-0.25, -0.2) is 0 Å². The number of carboxylic acid groups (broad SMARTS) is 1. The molecule has 1 amide bonds. The van der Waals surface area contributed by atoms with Crippen LogP contribution in [0.4, 0.5) is 0 Å². The minimum Gasteiger partial charge on any atom is -0.497 e. The molecule has 1 fully saturated rings. The van der Waals surface area contributed by atoms with Gasteiger partial charge in [0, 0.05) is 11.6 Å². The second kappa shape index (κ2) is 5.08. The van der Waals surface area contributed by atoms with Gasteiger partial charge in [0.05, 0.1) is 7.11 Å². The third-order valence-corrected chi connectivity index (χ3v) is 2.87. The van der Waals surface area contributed by atoms with Gasteiger partial charge in [0.15, 0.2) is 0 Å². The van der Waals surface area contributed by atoms with Gasteiger partial charge in [-0.15, -0.1) is 0 Å². The van der Waals surface area contributed by atoms with Crippen molar-refractivity contribution in [2.75, 3.05) is 13.7 Å². The lowest BCUT2D eigenvalue weighted by molar-refractivity contribution is -0.137. The highest BCUT2D eigenvalue weighted by molar-refractivity contribution is 5.96. The van der Waals surface area contributed by atoms with E-state index >= 15 is 0 Å². The zero-order chi connectivity index (χ0) is 13.1. The molecule has 0 radical (unpaired) electrons. The Balaban J connectivity index is 2.18. The Morgan fingerprint density at radius 1 is 1.44 bits per heavy atom. The third-order valence-electron chi connectivity index (χ3n) is 2.87. The van der Waals surface area contributed by atoms with Crippen LogP contribution in [-0.2, 0) is 4.79 Å². The number of hydrogen-bond acceptors (Lipinski definition) is 3. The Labute approximate surface area is 105 Å². The van der Waals surface area contributed by atoms with Crippen LogP contribution >= 0.6 is 0 Å². The molecule has 0 unspecified atom stereocenters. The van der Waals surface area contributed by atoms with Gasteiger partial charge in [-0.1, -0.05) is 6.07 Å². The van der Waals surface area contributed by atoms with Crippen molar-refractivity contribution < 1.29 is 19.4 Å². The van der Waals surface area contributed by atoms with E-state index in [1.54, 1.807) is 24.3 Å². The van der Waals surface area contributed by atoms with Crippen molar-refractivity contribution in [3.8, 4) is 5.75 Å². The van der Waals surface area contributed by atoms with E-state index in [0.717, 1.165) is 12.8 Å². The maximum atomic E-state index is 12.2. The maximum Gasteiger partial charge on any atom is 0.323 e. The van der Waals surface area contributed by atoms with Crippen molar-refractivity contribution in [2.24, 2.45) is 0 Å². The van der Waals surface area contributed by atoms with Crippen LogP contribution in [0, 0.1) is 0 Å². The fraction of sp³-hybridized carbons (Fsp3) is 0.385. The molecule has 1 N–H and O–H groups in total. The summed E-state index contributed by atoms with van der Waals surface area (Å²) in [6, 6.07) is 6.83. The molecule has 0 aromatic heterocycles. The van der Waals surface area contributed by atoms with Gasteiger partial charge in [-0.05, 0) is 31.0 Å². The van der Waals surface area contributed by atoms with E-state index in [0.29, 0.717) is 11.3 Å².